The maximum Gasteiger partial charge on any atom is 0.255 e. The molecule has 32 heavy (non-hydrogen) atoms. The Balaban J connectivity index is 1.54. The fraction of sp³-hybridized carbons (Fsp3) is 0.222. The van der Waals surface area contributed by atoms with E-state index in [-0.39, 0.29) is 11.8 Å². The van der Waals surface area contributed by atoms with E-state index in [4.69, 9.17) is 9.47 Å². The Morgan fingerprint density at radius 1 is 0.938 bits per heavy atom. The normalized spacial score (nSPS) is 11.9. The minimum atomic E-state index is -0.155. The van der Waals surface area contributed by atoms with Gasteiger partial charge in [-0.2, -0.15) is 0 Å². The largest absolute Gasteiger partial charge is 0.490 e. The van der Waals surface area contributed by atoms with Gasteiger partial charge in [0.25, 0.3) is 5.91 Å². The number of carbonyl (C=O) groups is 1. The predicted molar refractivity (Wildman–Crippen MR) is 127 cm³/mol. The number of aromatic nitrogens is 1. The van der Waals surface area contributed by atoms with Gasteiger partial charge in [0.1, 0.15) is 12.4 Å². The van der Waals surface area contributed by atoms with Gasteiger partial charge < -0.3 is 19.8 Å². The minimum Gasteiger partial charge on any atom is -0.490 e. The molecular weight excluding hydrogens is 400 g/mol. The molecule has 0 spiro atoms. The van der Waals surface area contributed by atoms with E-state index < -0.39 is 0 Å². The summed E-state index contributed by atoms with van der Waals surface area (Å²) < 4.78 is 11.1. The topological polar surface area (TPSA) is 63.4 Å². The molecule has 5 nitrogen and oxygen atoms in total. The Morgan fingerprint density at radius 3 is 2.53 bits per heavy atom. The molecule has 2 N–H and O–H groups in total. The van der Waals surface area contributed by atoms with Gasteiger partial charge in [-0.05, 0) is 36.2 Å². The lowest BCUT2D eigenvalue weighted by Gasteiger charge is -2.19. The number of nitrogens with one attached hydrogen (secondary N) is 2. The van der Waals surface area contributed by atoms with Gasteiger partial charge in [0.2, 0.25) is 0 Å². The van der Waals surface area contributed by atoms with Crippen LogP contribution < -0.4 is 10.1 Å². The van der Waals surface area contributed by atoms with Crippen LogP contribution >= 0.6 is 0 Å². The van der Waals surface area contributed by atoms with Gasteiger partial charge in [-0.3, -0.25) is 4.79 Å². The summed E-state index contributed by atoms with van der Waals surface area (Å²) in [5.74, 6) is 0.424. The van der Waals surface area contributed by atoms with Gasteiger partial charge in [0.05, 0.1) is 12.2 Å². The molecule has 3 aromatic carbocycles. The maximum atomic E-state index is 13.1. The molecule has 0 saturated heterocycles. The van der Waals surface area contributed by atoms with E-state index in [1.165, 1.54) is 0 Å². The number of carbonyl (C=O) groups excluding carboxylic acids is 1. The highest BCUT2D eigenvalue weighted by Crippen LogP contribution is 2.30. The van der Waals surface area contributed by atoms with E-state index in [0.717, 1.165) is 22.0 Å². The van der Waals surface area contributed by atoms with Crippen LogP contribution in [0.5, 0.6) is 5.75 Å². The zero-order chi connectivity index (χ0) is 22.2. The van der Waals surface area contributed by atoms with Crippen LogP contribution in [-0.2, 0) is 4.74 Å². The molecule has 1 atom stereocenters. The van der Waals surface area contributed by atoms with Crippen molar-refractivity contribution in [1.82, 2.24) is 10.3 Å². The van der Waals surface area contributed by atoms with Crippen molar-refractivity contribution in [3.05, 3.63) is 102 Å². The standard InChI is InChI=1S/C27H28N2O3/c1-2-31-16-17-32-26-15-9-7-13-22(26)27(30)29-18-23(20-10-4-3-5-11-20)24-19-28-25-14-8-6-12-21(24)25/h3-15,19,23,28H,2,16-18H2,1H3,(H,29,30). The Hall–Kier alpha value is -3.57. The van der Waals surface area contributed by atoms with Crippen molar-refractivity contribution in [2.45, 2.75) is 12.8 Å². The van der Waals surface area contributed by atoms with E-state index in [1.54, 1.807) is 6.07 Å². The quantitative estimate of drug-likeness (QED) is 0.344. The SMILES string of the molecule is CCOCCOc1ccccc1C(=O)NCC(c1ccccc1)c1c[nH]c2ccccc12. The number of para-hydroxylation sites is 2. The zero-order valence-electron chi connectivity index (χ0n) is 18.2. The number of ether oxygens (including phenoxy) is 2. The third-order valence-corrected chi connectivity index (χ3v) is 5.49. The number of hydrogen-bond donors (Lipinski definition) is 2. The summed E-state index contributed by atoms with van der Waals surface area (Å²) >= 11 is 0. The summed E-state index contributed by atoms with van der Waals surface area (Å²) in [5.41, 5.74) is 3.92. The molecule has 0 radical (unpaired) electrons. The summed E-state index contributed by atoms with van der Waals surface area (Å²) in [6.45, 7) is 3.94. The number of fused-ring (bicyclic) bond motifs is 1. The van der Waals surface area contributed by atoms with Crippen LogP contribution in [0.15, 0.2) is 85.1 Å². The van der Waals surface area contributed by atoms with E-state index in [2.05, 4.69) is 34.6 Å². The van der Waals surface area contributed by atoms with Crippen molar-refractivity contribution in [1.29, 1.82) is 0 Å². The summed E-state index contributed by atoms with van der Waals surface area (Å²) in [4.78, 5) is 16.4. The molecule has 0 saturated carbocycles. The smallest absolute Gasteiger partial charge is 0.255 e. The molecule has 1 unspecified atom stereocenters. The molecule has 0 aliphatic rings. The molecular formula is C27H28N2O3. The lowest BCUT2D eigenvalue weighted by Crippen LogP contribution is -2.29. The second-order valence-corrected chi connectivity index (χ2v) is 7.50. The summed E-state index contributed by atoms with van der Waals surface area (Å²) in [5, 5.41) is 4.29. The van der Waals surface area contributed by atoms with E-state index in [0.29, 0.717) is 37.7 Å². The number of hydrogen-bond acceptors (Lipinski definition) is 3. The molecule has 4 aromatic rings. The summed E-state index contributed by atoms with van der Waals surface area (Å²) in [6, 6.07) is 25.8. The average Bonchev–Trinajstić information content (AvgIpc) is 3.27. The molecule has 4 rings (SSSR count). The molecule has 0 bridgehead atoms. The van der Waals surface area contributed by atoms with Crippen LogP contribution in [0.25, 0.3) is 10.9 Å². The number of benzene rings is 3. The molecule has 1 amide bonds. The third kappa shape index (κ3) is 5.01. The molecule has 1 aromatic heterocycles. The number of rotatable bonds is 10. The first-order valence-corrected chi connectivity index (χ1v) is 11.0. The van der Waals surface area contributed by atoms with Crippen LogP contribution in [0.2, 0.25) is 0 Å². The fourth-order valence-corrected chi connectivity index (χ4v) is 3.90. The van der Waals surface area contributed by atoms with Crippen molar-refractivity contribution >= 4 is 16.8 Å². The Labute approximate surface area is 188 Å². The third-order valence-electron chi connectivity index (χ3n) is 5.49. The highest BCUT2D eigenvalue weighted by Gasteiger charge is 2.20. The van der Waals surface area contributed by atoms with Gasteiger partial charge in [-0.25, -0.2) is 0 Å². The first-order valence-electron chi connectivity index (χ1n) is 11.0. The number of amides is 1. The minimum absolute atomic E-state index is 0.0161. The molecule has 5 heteroatoms. The van der Waals surface area contributed by atoms with E-state index in [9.17, 15) is 4.79 Å². The first-order chi connectivity index (χ1) is 15.8. The monoisotopic (exact) mass is 428 g/mol. The summed E-state index contributed by atoms with van der Waals surface area (Å²) in [7, 11) is 0. The zero-order valence-corrected chi connectivity index (χ0v) is 18.2. The second kappa shape index (κ2) is 10.6. The second-order valence-electron chi connectivity index (χ2n) is 7.50. The van der Waals surface area contributed by atoms with Crippen molar-refractivity contribution in [3.63, 3.8) is 0 Å². The summed E-state index contributed by atoms with van der Waals surface area (Å²) in [6.07, 6.45) is 2.04. The first kappa shape index (κ1) is 21.7. The molecule has 0 aliphatic carbocycles. The Bertz CT molecular complexity index is 1150. The number of aromatic amines is 1. The van der Waals surface area contributed by atoms with Crippen LogP contribution in [0.1, 0.15) is 34.3 Å². The van der Waals surface area contributed by atoms with E-state index >= 15 is 0 Å². The van der Waals surface area contributed by atoms with Crippen molar-refractivity contribution in [3.8, 4) is 5.75 Å². The maximum absolute atomic E-state index is 13.1. The van der Waals surface area contributed by atoms with Gasteiger partial charge in [0, 0.05) is 36.2 Å². The molecule has 1 heterocycles. The lowest BCUT2D eigenvalue weighted by atomic mass is 9.91. The van der Waals surface area contributed by atoms with Crippen molar-refractivity contribution in [2.75, 3.05) is 26.4 Å². The van der Waals surface area contributed by atoms with Crippen LogP contribution in [0.4, 0.5) is 0 Å². The molecule has 0 fully saturated rings. The number of H-pyrrole nitrogens is 1. The molecule has 164 valence electrons. The van der Waals surface area contributed by atoms with Crippen LogP contribution in [0.3, 0.4) is 0 Å². The van der Waals surface area contributed by atoms with E-state index in [1.807, 2.05) is 61.7 Å². The van der Waals surface area contributed by atoms with Crippen LogP contribution in [0, 0.1) is 0 Å². The van der Waals surface area contributed by atoms with Gasteiger partial charge in [-0.15, -0.1) is 0 Å². The highest BCUT2D eigenvalue weighted by atomic mass is 16.5. The fourth-order valence-electron chi connectivity index (χ4n) is 3.90. The Morgan fingerprint density at radius 2 is 1.69 bits per heavy atom. The lowest BCUT2D eigenvalue weighted by molar-refractivity contribution is 0.0935. The van der Waals surface area contributed by atoms with Gasteiger partial charge >= 0.3 is 0 Å². The average molecular weight is 429 g/mol. The van der Waals surface area contributed by atoms with Gasteiger partial charge in [-0.1, -0.05) is 60.7 Å². The molecule has 0 aliphatic heterocycles. The highest BCUT2D eigenvalue weighted by molar-refractivity contribution is 5.97. The Kier molecular flexibility index (Phi) is 7.20. The van der Waals surface area contributed by atoms with Crippen molar-refractivity contribution in [2.24, 2.45) is 0 Å². The van der Waals surface area contributed by atoms with Gasteiger partial charge in [0.15, 0.2) is 0 Å². The van der Waals surface area contributed by atoms with Crippen LogP contribution in [-0.4, -0.2) is 37.3 Å². The predicted octanol–water partition coefficient (Wildman–Crippen LogP) is 5.15. The van der Waals surface area contributed by atoms with Crippen molar-refractivity contribution < 1.29 is 14.3 Å².